The molecule has 0 radical (unpaired) electrons. The first-order valence-corrected chi connectivity index (χ1v) is 2.82. The van der Waals surface area contributed by atoms with Crippen molar-refractivity contribution in [3.05, 3.63) is 35.1 Å². The van der Waals surface area contributed by atoms with Crippen molar-refractivity contribution >= 4 is 0 Å². The van der Waals surface area contributed by atoms with Crippen molar-refractivity contribution in [2.24, 2.45) is 0 Å². The monoisotopic (exact) mass is 223 g/mol. The van der Waals surface area contributed by atoms with Gasteiger partial charge in [0.25, 0.3) is 0 Å². The van der Waals surface area contributed by atoms with Gasteiger partial charge in [0, 0.05) is 5.82 Å². The standard InChI is InChI=1S/C8H5FN.Y/c1-6-2-3-7(5-10)4-8(6)9;/h2,4H,1H3;/q-1;+3. The van der Waals surface area contributed by atoms with E-state index in [1.807, 2.05) is 0 Å². The summed E-state index contributed by atoms with van der Waals surface area (Å²) in [7, 11) is 0. The fraction of sp³-hybridized carbons (Fsp3) is 0.125. The molecule has 0 spiro atoms. The molecule has 11 heavy (non-hydrogen) atoms. The van der Waals surface area contributed by atoms with Gasteiger partial charge in [0.15, 0.2) is 0 Å². The van der Waals surface area contributed by atoms with Crippen LogP contribution in [0.15, 0.2) is 12.1 Å². The first-order valence-electron chi connectivity index (χ1n) is 2.82. The molecule has 1 rings (SSSR count). The second-order valence-corrected chi connectivity index (χ2v) is 1.99. The molecule has 0 fully saturated rings. The van der Waals surface area contributed by atoms with E-state index >= 15 is 0 Å². The normalized spacial score (nSPS) is 8.09. The van der Waals surface area contributed by atoms with E-state index in [-0.39, 0.29) is 44.1 Å². The Kier molecular flexibility index (Phi) is 4.48. The third-order valence-electron chi connectivity index (χ3n) is 1.21. The maximum Gasteiger partial charge on any atom is 3.00 e. The molecule has 0 saturated carbocycles. The van der Waals surface area contributed by atoms with E-state index in [2.05, 4.69) is 6.07 Å². The van der Waals surface area contributed by atoms with Gasteiger partial charge >= 0.3 is 32.7 Å². The van der Waals surface area contributed by atoms with Gasteiger partial charge in [-0.25, -0.2) is 4.39 Å². The summed E-state index contributed by atoms with van der Waals surface area (Å²) in [5.41, 5.74) is 0.752. The van der Waals surface area contributed by atoms with E-state index in [1.54, 1.807) is 13.0 Å². The van der Waals surface area contributed by atoms with Gasteiger partial charge in [-0.1, -0.05) is 24.1 Å². The zero-order valence-electron chi connectivity index (χ0n) is 6.06. The van der Waals surface area contributed by atoms with E-state index in [1.165, 1.54) is 12.1 Å². The third kappa shape index (κ3) is 2.69. The molecule has 1 aromatic rings. The molecule has 0 amide bonds. The van der Waals surface area contributed by atoms with Gasteiger partial charge in [0.05, 0.1) is 0 Å². The van der Waals surface area contributed by atoms with Crippen LogP contribution in [0.25, 0.3) is 0 Å². The fourth-order valence-corrected chi connectivity index (χ4v) is 0.602. The molecule has 50 valence electrons. The molecule has 1 nitrogen and oxygen atoms in total. The maximum absolute atomic E-state index is 12.6. The van der Waals surface area contributed by atoms with Gasteiger partial charge < -0.3 is 0 Å². The number of rotatable bonds is 0. The number of benzene rings is 1. The van der Waals surface area contributed by atoms with Crippen LogP contribution in [0.4, 0.5) is 4.39 Å². The third-order valence-corrected chi connectivity index (χ3v) is 1.21. The van der Waals surface area contributed by atoms with Crippen molar-refractivity contribution in [1.82, 2.24) is 0 Å². The molecular weight excluding hydrogens is 218 g/mol. The first-order chi connectivity index (χ1) is 4.74. The molecule has 0 saturated heterocycles. The number of nitriles is 1. The van der Waals surface area contributed by atoms with Crippen LogP contribution in [0.3, 0.4) is 0 Å². The van der Waals surface area contributed by atoms with Crippen molar-refractivity contribution < 1.29 is 37.1 Å². The van der Waals surface area contributed by atoms with E-state index < -0.39 is 0 Å². The summed E-state index contributed by atoms with van der Waals surface area (Å²) in [6.45, 7) is 1.63. The van der Waals surface area contributed by atoms with Gasteiger partial charge in [0.1, 0.15) is 0 Å². The molecule has 0 aliphatic rings. The van der Waals surface area contributed by atoms with Crippen LogP contribution in [0.2, 0.25) is 0 Å². The molecule has 3 heteroatoms. The van der Waals surface area contributed by atoms with Crippen LogP contribution in [0.5, 0.6) is 0 Å². The van der Waals surface area contributed by atoms with E-state index in [0.717, 1.165) is 0 Å². The number of nitrogens with zero attached hydrogens (tertiary/aromatic N) is 1. The summed E-state index contributed by atoms with van der Waals surface area (Å²) in [5.74, 6) is -0.352. The quantitative estimate of drug-likeness (QED) is 0.615. The van der Waals surface area contributed by atoms with Gasteiger partial charge in [-0.2, -0.15) is 0 Å². The summed E-state index contributed by atoms with van der Waals surface area (Å²) in [4.78, 5) is 0. The summed E-state index contributed by atoms with van der Waals surface area (Å²) >= 11 is 0. The molecule has 0 aliphatic carbocycles. The SMILES string of the molecule is Cc1c[c-]c(C#N)cc1F.[Y+3]. The van der Waals surface area contributed by atoms with E-state index in [9.17, 15) is 4.39 Å². The van der Waals surface area contributed by atoms with Crippen LogP contribution in [-0.2, 0) is 32.7 Å². The number of halogens is 1. The molecular formula is C8H5FNY+2. The van der Waals surface area contributed by atoms with Crippen molar-refractivity contribution in [3.63, 3.8) is 0 Å². The van der Waals surface area contributed by atoms with Crippen molar-refractivity contribution in [2.75, 3.05) is 0 Å². The second kappa shape index (κ2) is 4.59. The van der Waals surface area contributed by atoms with Crippen LogP contribution in [0, 0.1) is 30.1 Å². The minimum atomic E-state index is -0.352. The van der Waals surface area contributed by atoms with Gasteiger partial charge in [-0.3, -0.25) is 5.26 Å². The van der Waals surface area contributed by atoms with Crippen molar-refractivity contribution in [3.8, 4) is 6.07 Å². The summed E-state index contributed by atoms with van der Waals surface area (Å²) < 4.78 is 12.6. The zero-order chi connectivity index (χ0) is 7.56. The van der Waals surface area contributed by atoms with Crippen LogP contribution < -0.4 is 0 Å². The number of hydrogen-bond acceptors (Lipinski definition) is 1. The van der Waals surface area contributed by atoms with Gasteiger partial charge in [-0.15, -0.1) is 12.1 Å². The molecule has 0 aliphatic heterocycles. The Balaban J connectivity index is 0.000001000. The summed E-state index contributed by atoms with van der Waals surface area (Å²) in [6.07, 6.45) is 0. The van der Waals surface area contributed by atoms with Crippen molar-refractivity contribution in [1.29, 1.82) is 5.26 Å². The Hall–Kier alpha value is -0.256. The minimum absolute atomic E-state index is 0. The van der Waals surface area contributed by atoms with Crippen LogP contribution >= 0.6 is 0 Å². The Morgan fingerprint density at radius 1 is 1.64 bits per heavy atom. The second-order valence-electron chi connectivity index (χ2n) is 1.99. The number of hydrogen-bond donors (Lipinski definition) is 0. The largest absolute Gasteiger partial charge is 3.00 e. The predicted molar refractivity (Wildman–Crippen MR) is 34.7 cm³/mol. The Bertz CT molecular complexity index is 291. The Labute approximate surface area is 90.1 Å². The molecule has 1 aromatic carbocycles. The molecule has 0 unspecified atom stereocenters. The Morgan fingerprint density at radius 2 is 2.27 bits per heavy atom. The van der Waals surface area contributed by atoms with E-state index in [4.69, 9.17) is 5.26 Å². The smallest absolute Gasteiger partial charge is 0.262 e. The van der Waals surface area contributed by atoms with Crippen LogP contribution in [0.1, 0.15) is 11.1 Å². The first kappa shape index (κ1) is 10.7. The zero-order valence-corrected chi connectivity index (χ0v) is 8.90. The van der Waals surface area contributed by atoms with E-state index in [0.29, 0.717) is 5.56 Å². The van der Waals surface area contributed by atoms with Crippen molar-refractivity contribution in [2.45, 2.75) is 6.92 Å². The predicted octanol–water partition coefficient (Wildman–Crippen LogP) is 1.80. The fourth-order valence-electron chi connectivity index (χ4n) is 0.602. The maximum atomic E-state index is 12.6. The van der Waals surface area contributed by atoms with Gasteiger partial charge in [-0.05, 0) is 6.07 Å². The topological polar surface area (TPSA) is 23.8 Å². The average molecular weight is 223 g/mol. The molecule has 0 N–H and O–H groups in total. The van der Waals surface area contributed by atoms with Crippen LogP contribution in [-0.4, -0.2) is 0 Å². The summed E-state index contributed by atoms with van der Waals surface area (Å²) in [5, 5.41) is 8.31. The van der Waals surface area contributed by atoms with Gasteiger partial charge in [0.2, 0.25) is 0 Å². The molecule has 0 bridgehead atoms. The molecule has 0 heterocycles. The minimum Gasteiger partial charge on any atom is -0.262 e. The number of aryl methyl sites for hydroxylation is 1. The molecule has 0 atom stereocenters. The summed E-state index contributed by atoms with van der Waals surface area (Å²) in [6, 6.07) is 7.07. The molecule has 0 aromatic heterocycles. The average Bonchev–Trinajstić information content (AvgIpc) is 1.95. The Morgan fingerprint density at radius 3 is 2.73 bits per heavy atom.